The van der Waals surface area contributed by atoms with E-state index in [2.05, 4.69) is 29.0 Å². The van der Waals surface area contributed by atoms with E-state index in [0.717, 1.165) is 49.9 Å². The first-order valence-electron chi connectivity index (χ1n) is 8.80. The van der Waals surface area contributed by atoms with Crippen LogP contribution in [0.3, 0.4) is 0 Å². The van der Waals surface area contributed by atoms with Crippen LogP contribution in [-0.4, -0.2) is 20.9 Å². The number of benzene rings is 1. The number of hydrogen-bond acceptors (Lipinski definition) is 2. The number of allylic oxidation sites excluding steroid dienone is 1. The second-order valence-electron chi connectivity index (χ2n) is 6.31. The molecule has 1 aromatic carbocycles. The fraction of sp³-hybridized carbons (Fsp3) is 0.400. The van der Waals surface area contributed by atoms with Crippen LogP contribution in [0.15, 0.2) is 36.4 Å². The van der Waals surface area contributed by atoms with Crippen molar-refractivity contribution in [3.63, 3.8) is 0 Å². The van der Waals surface area contributed by atoms with Gasteiger partial charge in [-0.05, 0) is 56.7 Å². The molecule has 126 valence electrons. The molecule has 0 radical (unpaired) electrons. The lowest BCUT2D eigenvalue weighted by atomic mass is 10.1. The average Bonchev–Trinajstić information content (AvgIpc) is 3.18. The number of hydrogen-bond donors (Lipinski definition) is 1. The lowest BCUT2D eigenvalue weighted by Crippen LogP contribution is -2.00. The SMILES string of the molecule is O=C(O)CCCCC/C=C\c1nn(-c2ccccc2)c2c1CCC2. The van der Waals surface area contributed by atoms with Gasteiger partial charge in [0.1, 0.15) is 0 Å². The minimum Gasteiger partial charge on any atom is -0.481 e. The summed E-state index contributed by atoms with van der Waals surface area (Å²) >= 11 is 0. The highest BCUT2D eigenvalue weighted by molar-refractivity contribution is 5.66. The number of aromatic nitrogens is 2. The van der Waals surface area contributed by atoms with Crippen molar-refractivity contribution in [3.8, 4) is 5.69 Å². The van der Waals surface area contributed by atoms with Gasteiger partial charge in [0.2, 0.25) is 0 Å². The minimum absolute atomic E-state index is 0.276. The van der Waals surface area contributed by atoms with Crippen molar-refractivity contribution in [1.29, 1.82) is 0 Å². The number of carbonyl (C=O) groups is 1. The number of para-hydroxylation sites is 1. The Hall–Kier alpha value is -2.36. The summed E-state index contributed by atoms with van der Waals surface area (Å²) in [4.78, 5) is 10.5. The predicted molar refractivity (Wildman–Crippen MR) is 95.3 cm³/mol. The summed E-state index contributed by atoms with van der Waals surface area (Å²) in [6, 6.07) is 10.3. The first-order chi connectivity index (χ1) is 11.8. The molecule has 1 aliphatic carbocycles. The number of unbranched alkanes of at least 4 members (excludes halogenated alkanes) is 3. The first-order valence-corrected chi connectivity index (χ1v) is 8.80. The Morgan fingerprint density at radius 1 is 1.17 bits per heavy atom. The molecule has 0 amide bonds. The van der Waals surface area contributed by atoms with Gasteiger partial charge in [-0.25, -0.2) is 4.68 Å². The van der Waals surface area contributed by atoms with Gasteiger partial charge >= 0.3 is 5.97 Å². The molecule has 0 saturated carbocycles. The van der Waals surface area contributed by atoms with Crippen molar-refractivity contribution in [2.24, 2.45) is 0 Å². The largest absolute Gasteiger partial charge is 0.481 e. The van der Waals surface area contributed by atoms with Crippen LogP contribution < -0.4 is 0 Å². The Balaban J connectivity index is 1.62. The molecular weight excluding hydrogens is 300 g/mol. The summed E-state index contributed by atoms with van der Waals surface area (Å²) in [5.74, 6) is -0.701. The van der Waals surface area contributed by atoms with E-state index in [9.17, 15) is 4.79 Å². The van der Waals surface area contributed by atoms with E-state index in [-0.39, 0.29) is 6.42 Å². The van der Waals surface area contributed by atoms with Crippen LogP contribution in [0.4, 0.5) is 0 Å². The normalized spacial score (nSPS) is 13.5. The minimum atomic E-state index is -0.701. The smallest absolute Gasteiger partial charge is 0.303 e. The monoisotopic (exact) mass is 324 g/mol. The van der Waals surface area contributed by atoms with Crippen LogP contribution in [-0.2, 0) is 17.6 Å². The van der Waals surface area contributed by atoms with Gasteiger partial charge in [-0.2, -0.15) is 5.10 Å². The maximum absolute atomic E-state index is 10.5. The van der Waals surface area contributed by atoms with Crippen molar-refractivity contribution in [2.75, 3.05) is 0 Å². The molecule has 1 heterocycles. The van der Waals surface area contributed by atoms with Gasteiger partial charge in [0.05, 0.1) is 11.4 Å². The highest BCUT2D eigenvalue weighted by Gasteiger charge is 2.21. The van der Waals surface area contributed by atoms with Crippen LogP contribution in [0.2, 0.25) is 0 Å². The molecule has 1 aromatic heterocycles. The number of fused-ring (bicyclic) bond motifs is 1. The van der Waals surface area contributed by atoms with E-state index >= 15 is 0 Å². The number of carboxylic acid groups (broad SMARTS) is 1. The molecule has 0 unspecified atom stereocenters. The first kappa shape index (κ1) is 16.5. The van der Waals surface area contributed by atoms with E-state index in [0.29, 0.717) is 0 Å². The molecule has 3 rings (SSSR count). The van der Waals surface area contributed by atoms with Gasteiger partial charge in [-0.1, -0.05) is 30.7 Å². The molecule has 2 aromatic rings. The van der Waals surface area contributed by atoms with E-state index in [1.807, 2.05) is 18.2 Å². The average molecular weight is 324 g/mol. The molecule has 24 heavy (non-hydrogen) atoms. The van der Waals surface area contributed by atoms with Gasteiger partial charge in [-0.15, -0.1) is 0 Å². The maximum Gasteiger partial charge on any atom is 0.303 e. The van der Waals surface area contributed by atoms with Crippen molar-refractivity contribution >= 4 is 12.0 Å². The molecule has 0 spiro atoms. The summed E-state index contributed by atoms with van der Waals surface area (Å²) in [7, 11) is 0. The van der Waals surface area contributed by atoms with E-state index < -0.39 is 5.97 Å². The Labute approximate surface area is 142 Å². The van der Waals surface area contributed by atoms with Crippen LogP contribution in [0.1, 0.15) is 55.5 Å². The maximum atomic E-state index is 10.5. The Bertz CT molecular complexity index is 717. The number of nitrogens with zero attached hydrogens (tertiary/aromatic N) is 2. The summed E-state index contributed by atoms with van der Waals surface area (Å²) in [5.41, 5.74) is 4.96. The lowest BCUT2D eigenvalue weighted by molar-refractivity contribution is -0.137. The third-order valence-corrected chi connectivity index (χ3v) is 4.50. The van der Waals surface area contributed by atoms with E-state index in [4.69, 9.17) is 10.2 Å². The Morgan fingerprint density at radius 2 is 2.00 bits per heavy atom. The molecule has 0 aliphatic heterocycles. The van der Waals surface area contributed by atoms with Crippen molar-refractivity contribution < 1.29 is 9.90 Å². The lowest BCUT2D eigenvalue weighted by Gasteiger charge is -2.04. The summed E-state index contributed by atoms with van der Waals surface area (Å²) in [6.45, 7) is 0. The second kappa shape index (κ2) is 7.95. The van der Waals surface area contributed by atoms with Gasteiger partial charge in [0.25, 0.3) is 0 Å². The molecule has 0 atom stereocenters. The molecule has 0 saturated heterocycles. The molecule has 1 aliphatic rings. The molecule has 4 heteroatoms. The predicted octanol–water partition coefficient (Wildman–Crippen LogP) is 4.41. The zero-order valence-corrected chi connectivity index (χ0v) is 13.9. The van der Waals surface area contributed by atoms with Crippen LogP contribution in [0, 0.1) is 0 Å². The molecule has 0 bridgehead atoms. The van der Waals surface area contributed by atoms with Gasteiger partial charge in [0, 0.05) is 17.7 Å². The fourth-order valence-corrected chi connectivity index (χ4v) is 3.29. The number of rotatable bonds is 8. The van der Waals surface area contributed by atoms with Gasteiger partial charge in [-0.3, -0.25) is 4.79 Å². The zero-order valence-electron chi connectivity index (χ0n) is 13.9. The third kappa shape index (κ3) is 3.94. The molecular formula is C20H24N2O2. The van der Waals surface area contributed by atoms with Crippen molar-refractivity contribution in [3.05, 3.63) is 53.4 Å². The Morgan fingerprint density at radius 3 is 2.79 bits per heavy atom. The third-order valence-electron chi connectivity index (χ3n) is 4.50. The highest BCUT2D eigenvalue weighted by Crippen LogP contribution is 2.28. The molecule has 1 N–H and O–H groups in total. The van der Waals surface area contributed by atoms with Crippen LogP contribution in [0.25, 0.3) is 11.8 Å². The number of aliphatic carboxylic acids is 1. The van der Waals surface area contributed by atoms with Crippen LogP contribution in [0.5, 0.6) is 0 Å². The van der Waals surface area contributed by atoms with E-state index in [1.54, 1.807) is 0 Å². The summed E-state index contributed by atoms with van der Waals surface area (Å²) < 4.78 is 2.09. The fourth-order valence-electron chi connectivity index (χ4n) is 3.29. The van der Waals surface area contributed by atoms with Crippen molar-refractivity contribution in [1.82, 2.24) is 9.78 Å². The van der Waals surface area contributed by atoms with E-state index in [1.165, 1.54) is 17.7 Å². The van der Waals surface area contributed by atoms with Crippen molar-refractivity contribution in [2.45, 2.75) is 51.4 Å². The number of carboxylic acids is 1. The molecule has 0 fully saturated rings. The van der Waals surface area contributed by atoms with Gasteiger partial charge in [0.15, 0.2) is 0 Å². The zero-order chi connectivity index (χ0) is 16.8. The quantitative estimate of drug-likeness (QED) is 0.732. The molecule has 4 nitrogen and oxygen atoms in total. The Kier molecular flexibility index (Phi) is 5.47. The summed E-state index contributed by atoms with van der Waals surface area (Å²) in [6.07, 6.45) is 11.7. The topological polar surface area (TPSA) is 55.1 Å². The standard InChI is InChI=1S/C20H24N2O2/c23-20(24)15-8-3-1-2-7-13-18-17-12-9-14-19(17)22(21-18)16-10-5-4-6-11-16/h4-7,10-11,13H,1-3,8-9,12,14-15H2,(H,23,24)/b13-7-. The van der Waals surface area contributed by atoms with Crippen LogP contribution >= 0.6 is 0 Å². The van der Waals surface area contributed by atoms with Gasteiger partial charge < -0.3 is 5.11 Å². The second-order valence-corrected chi connectivity index (χ2v) is 6.31. The highest BCUT2D eigenvalue weighted by atomic mass is 16.4. The summed E-state index contributed by atoms with van der Waals surface area (Å²) in [5, 5.41) is 13.4.